The van der Waals surface area contributed by atoms with E-state index in [-0.39, 0.29) is 0 Å². The first-order valence-corrected chi connectivity index (χ1v) is 7.16. The van der Waals surface area contributed by atoms with Gasteiger partial charge in [-0.2, -0.15) is 4.52 Å². The number of aromatic nitrogens is 5. The summed E-state index contributed by atoms with van der Waals surface area (Å²) in [6.45, 7) is 3.87. The van der Waals surface area contributed by atoms with E-state index in [9.17, 15) is 0 Å². The number of nitrogens with zero attached hydrogens (tertiary/aromatic N) is 6. The first-order chi connectivity index (χ1) is 10.3. The van der Waals surface area contributed by atoms with Crippen molar-refractivity contribution in [3.8, 4) is 0 Å². The summed E-state index contributed by atoms with van der Waals surface area (Å²) >= 11 is 0. The molecule has 6 nitrogen and oxygen atoms in total. The van der Waals surface area contributed by atoms with Crippen LogP contribution in [0, 0.1) is 6.92 Å². The van der Waals surface area contributed by atoms with E-state index in [1.807, 2.05) is 31.3 Å². The summed E-state index contributed by atoms with van der Waals surface area (Å²) in [5.74, 6) is 2.27. The summed E-state index contributed by atoms with van der Waals surface area (Å²) in [6.07, 6.45) is 2.97. The second kappa shape index (κ2) is 4.80. The molecule has 0 N–H and O–H groups in total. The monoisotopic (exact) mass is 280 g/mol. The third-order valence-corrected chi connectivity index (χ3v) is 4.02. The fourth-order valence-corrected chi connectivity index (χ4v) is 2.88. The van der Waals surface area contributed by atoms with Gasteiger partial charge in [0.1, 0.15) is 5.82 Å². The van der Waals surface area contributed by atoms with Crippen molar-refractivity contribution in [3.05, 3.63) is 48.0 Å². The van der Waals surface area contributed by atoms with Gasteiger partial charge in [-0.15, -0.1) is 15.3 Å². The van der Waals surface area contributed by atoms with E-state index >= 15 is 0 Å². The molecule has 1 aliphatic rings. The molecule has 0 saturated carbocycles. The highest BCUT2D eigenvalue weighted by Crippen LogP contribution is 2.28. The van der Waals surface area contributed by atoms with Gasteiger partial charge >= 0.3 is 0 Å². The molecule has 0 aliphatic carbocycles. The van der Waals surface area contributed by atoms with Gasteiger partial charge in [-0.25, -0.2) is 0 Å². The predicted molar refractivity (Wildman–Crippen MR) is 79.3 cm³/mol. The van der Waals surface area contributed by atoms with Gasteiger partial charge in [0.2, 0.25) is 0 Å². The van der Waals surface area contributed by atoms with Gasteiger partial charge in [0.15, 0.2) is 11.5 Å². The normalized spacial score (nSPS) is 18.5. The number of aryl methyl sites for hydroxylation is 1. The molecule has 0 spiro atoms. The average Bonchev–Trinajstić information content (AvgIpc) is 3.16. The third-order valence-electron chi connectivity index (χ3n) is 4.02. The van der Waals surface area contributed by atoms with Crippen LogP contribution < -0.4 is 4.90 Å². The van der Waals surface area contributed by atoms with Crippen molar-refractivity contribution in [1.29, 1.82) is 0 Å². The largest absolute Gasteiger partial charge is 0.354 e. The number of hydrogen-bond acceptors (Lipinski definition) is 5. The number of fused-ring (bicyclic) bond motifs is 1. The Balaban J connectivity index is 1.60. The van der Waals surface area contributed by atoms with Crippen LogP contribution in [0.25, 0.3) is 5.65 Å². The van der Waals surface area contributed by atoms with Crippen molar-refractivity contribution >= 4 is 11.5 Å². The molecule has 21 heavy (non-hydrogen) atoms. The average molecular weight is 280 g/mol. The molecule has 1 fully saturated rings. The summed E-state index contributed by atoms with van der Waals surface area (Å²) < 4.78 is 1.80. The molecule has 1 saturated heterocycles. The molecule has 6 heteroatoms. The maximum atomic E-state index is 4.64. The Bertz CT molecular complexity index is 766. The van der Waals surface area contributed by atoms with Crippen LogP contribution in [-0.4, -0.2) is 37.9 Å². The maximum absolute atomic E-state index is 4.64. The lowest BCUT2D eigenvalue weighted by Crippen LogP contribution is -2.21. The topological polar surface area (TPSA) is 59.2 Å². The van der Waals surface area contributed by atoms with Gasteiger partial charge in [-0.3, -0.25) is 4.98 Å². The van der Waals surface area contributed by atoms with Gasteiger partial charge < -0.3 is 4.90 Å². The fourth-order valence-electron chi connectivity index (χ4n) is 2.88. The highest BCUT2D eigenvalue weighted by molar-refractivity contribution is 5.47. The van der Waals surface area contributed by atoms with E-state index in [0.29, 0.717) is 5.92 Å². The molecule has 1 unspecified atom stereocenters. The van der Waals surface area contributed by atoms with Gasteiger partial charge in [-0.05, 0) is 37.6 Å². The Hall–Kier alpha value is -2.50. The van der Waals surface area contributed by atoms with Gasteiger partial charge in [0, 0.05) is 30.9 Å². The molecule has 4 rings (SSSR count). The first-order valence-electron chi connectivity index (χ1n) is 7.16. The minimum absolute atomic E-state index is 0.478. The zero-order valence-electron chi connectivity index (χ0n) is 11.8. The van der Waals surface area contributed by atoms with Crippen LogP contribution in [0.3, 0.4) is 0 Å². The van der Waals surface area contributed by atoms with Crippen molar-refractivity contribution < 1.29 is 0 Å². The highest BCUT2D eigenvalue weighted by Gasteiger charge is 2.26. The van der Waals surface area contributed by atoms with Crippen molar-refractivity contribution in [2.24, 2.45) is 0 Å². The lowest BCUT2D eigenvalue weighted by atomic mass is 10.0. The Morgan fingerprint density at radius 2 is 2.10 bits per heavy atom. The molecule has 3 aromatic heterocycles. The molecule has 0 aromatic carbocycles. The molecule has 0 radical (unpaired) electrons. The Morgan fingerprint density at radius 1 is 1.14 bits per heavy atom. The standard InChI is InChI=1S/C15H16N6/c1-11-17-18-14-5-6-15(19-21(11)14)20-9-7-12(10-20)13-4-2-3-8-16-13/h2-6,8,12H,7,9-10H2,1H3. The van der Waals surface area contributed by atoms with Gasteiger partial charge in [0.05, 0.1) is 0 Å². The summed E-state index contributed by atoms with van der Waals surface area (Å²) in [7, 11) is 0. The van der Waals surface area contributed by atoms with E-state index in [0.717, 1.165) is 36.8 Å². The lowest BCUT2D eigenvalue weighted by molar-refractivity contribution is 0.742. The van der Waals surface area contributed by atoms with E-state index in [1.54, 1.807) is 4.52 Å². The maximum Gasteiger partial charge on any atom is 0.178 e. The van der Waals surface area contributed by atoms with Crippen LogP contribution >= 0.6 is 0 Å². The van der Waals surface area contributed by atoms with E-state index in [4.69, 9.17) is 0 Å². The third kappa shape index (κ3) is 2.12. The summed E-state index contributed by atoms with van der Waals surface area (Å²) in [5.41, 5.74) is 1.96. The van der Waals surface area contributed by atoms with E-state index in [1.165, 1.54) is 5.69 Å². The molecule has 3 aromatic rings. The SMILES string of the molecule is Cc1nnc2ccc(N3CCC(c4ccccn4)C3)nn12. The van der Waals surface area contributed by atoms with Crippen LogP contribution in [0.4, 0.5) is 5.82 Å². The quantitative estimate of drug-likeness (QED) is 0.716. The second-order valence-electron chi connectivity index (χ2n) is 5.39. The molecule has 4 heterocycles. The summed E-state index contributed by atoms with van der Waals surface area (Å²) in [5, 5.41) is 12.8. The Labute approximate surface area is 122 Å². The zero-order valence-corrected chi connectivity index (χ0v) is 11.8. The van der Waals surface area contributed by atoms with Gasteiger partial charge in [0.25, 0.3) is 0 Å². The second-order valence-corrected chi connectivity index (χ2v) is 5.39. The van der Waals surface area contributed by atoms with Crippen molar-refractivity contribution in [3.63, 3.8) is 0 Å². The molecule has 0 amide bonds. The molecule has 0 bridgehead atoms. The molecular formula is C15H16N6. The predicted octanol–water partition coefficient (Wildman–Crippen LogP) is 1.82. The molecular weight excluding hydrogens is 264 g/mol. The van der Waals surface area contributed by atoms with Gasteiger partial charge in [-0.1, -0.05) is 6.07 Å². The molecule has 1 atom stereocenters. The van der Waals surface area contributed by atoms with Crippen LogP contribution in [0.5, 0.6) is 0 Å². The van der Waals surface area contributed by atoms with Crippen LogP contribution in [-0.2, 0) is 0 Å². The van der Waals surface area contributed by atoms with E-state index in [2.05, 4.69) is 37.3 Å². The van der Waals surface area contributed by atoms with Crippen molar-refractivity contribution in [2.45, 2.75) is 19.3 Å². The first kappa shape index (κ1) is 12.3. The number of rotatable bonds is 2. The number of anilines is 1. The van der Waals surface area contributed by atoms with Crippen LogP contribution in [0.2, 0.25) is 0 Å². The minimum atomic E-state index is 0.478. The van der Waals surface area contributed by atoms with E-state index < -0.39 is 0 Å². The van der Waals surface area contributed by atoms with Crippen LogP contribution in [0.15, 0.2) is 36.5 Å². The zero-order chi connectivity index (χ0) is 14.2. The lowest BCUT2D eigenvalue weighted by Gasteiger charge is -2.17. The van der Waals surface area contributed by atoms with Crippen LogP contribution in [0.1, 0.15) is 23.9 Å². The molecule has 1 aliphatic heterocycles. The summed E-state index contributed by atoms with van der Waals surface area (Å²) in [6, 6.07) is 10.1. The fraction of sp³-hybridized carbons (Fsp3) is 0.333. The summed E-state index contributed by atoms with van der Waals surface area (Å²) in [4.78, 5) is 6.78. The Kier molecular flexibility index (Phi) is 2.80. The number of pyridine rings is 1. The smallest absolute Gasteiger partial charge is 0.178 e. The minimum Gasteiger partial charge on any atom is -0.354 e. The highest BCUT2D eigenvalue weighted by atomic mass is 15.4. The van der Waals surface area contributed by atoms with Crippen molar-refractivity contribution in [2.75, 3.05) is 18.0 Å². The number of hydrogen-bond donors (Lipinski definition) is 0. The Morgan fingerprint density at radius 3 is 2.95 bits per heavy atom. The molecule has 106 valence electrons. The van der Waals surface area contributed by atoms with Crippen molar-refractivity contribution in [1.82, 2.24) is 24.8 Å².